The molecule has 10 nitrogen and oxygen atoms in total. The number of nitrogens with one attached hydrogen (secondary N) is 2. The molecular weight excluding hydrogens is 448 g/mol. The molecule has 1 unspecified atom stereocenters. The third-order valence-corrected chi connectivity index (χ3v) is 5.26. The molecule has 2 heterocycles. The van der Waals surface area contributed by atoms with Crippen molar-refractivity contribution in [3.63, 3.8) is 0 Å². The monoisotopic (exact) mass is 468 g/mol. The molecule has 2 aromatic heterocycles. The van der Waals surface area contributed by atoms with Crippen LogP contribution >= 0.6 is 0 Å². The Morgan fingerprint density at radius 2 is 1.91 bits per heavy atom. The van der Waals surface area contributed by atoms with Gasteiger partial charge in [-0.15, -0.1) is 5.10 Å². The molecule has 174 valence electrons. The Labute approximate surface area is 200 Å². The number of aromatic nitrogens is 4. The molecule has 2 aromatic carbocycles. The van der Waals surface area contributed by atoms with E-state index < -0.39 is 17.5 Å². The summed E-state index contributed by atoms with van der Waals surface area (Å²) in [5.74, 6) is 0.608. The Balaban J connectivity index is 1.71. The Hall–Kier alpha value is -5.04. The maximum atomic E-state index is 13.2. The first-order valence-corrected chi connectivity index (χ1v) is 10.4. The van der Waals surface area contributed by atoms with E-state index in [1.54, 1.807) is 54.6 Å². The molecule has 0 aliphatic heterocycles. The summed E-state index contributed by atoms with van der Waals surface area (Å²) >= 11 is 0. The van der Waals surface area contributed by atoms with Gasteiger partial charge in [-0.3, -0.25) is 9.59 Å². The highest BCUT2D eigenvalue weighted by atomic mass is 16.5. The van der Waals surface area contributed by atoms with E-state index in [2.05, 4.69) is 31.6 Å². The number of ether oxygens (including phenoxy) is 2. The molecule has 10 heteroatoms. The molecule has 0 spiro atoms. The molecule has 0 radical (unpaired) electrons. The highest BCUT2D eigenvalue weighted by Gasteiger charge is 2.24. The lowest BCUT2D eigenvalue weighted by atomic mass is 9.96. The van der Waals surface area contributed by atoms with Crippen molar-refractivity contribution in [2.45, 2.75) is 6.04 Å². The van der Waals surface area contributed by atoms with Crippen LogP contribution in [0.3, 0.4) is 0 Å². The second-order valence-corrected chi connectivity index (χ2v) is 7.33. The number of H-pyrrole nitrogens is 1. The van der Waals surface area contributed by atoms with Crippen LogP contribution in [-0.2, 0) is 0 Å². The molecule has 0 aliphatic rings. The minimum absolute atomic E-state index is 0.177. The van der Waals surface area contributed by atoms with Crippen LogP contribution in [-0.4, -0.2) is 40.3 Å². The first-order valence-electron chi connectivity index (χ1n) is 10.4. The summed E-state index contributed by atoms with van der Waals surface area (Å²) in [7, 11) is 3.05. The minimum atomic E-state index is -0.699. The van der Waals surface area contributed by atoms with Crippen molar-refractivity contribution in [3.05, 3.63) is 99.6 Å². The Morgan fingerprint density at radius 1 is 1.11 bits per heavy atom. The predicted octanol–water partition coefficient (Wildman–Crippen LogP) is 2.64. The number of carbonyl (C=O) groups is 1. The third-order valence-electron chi connectivity index (χ3n) is 5.26. The molecule has 0 fully saturated rings. The average Bonchev–Trinajstić information content (AvgIpc) is 2.91. The molecule has 0 bridgehead atoms. The van der Waals surface area contributed by atoms with Gasteiger partial charge in [-0.05, 0) is 42.0 Å². The second kappa shape index (κ2) is 10.3. The lowest BCUT2D eigenvalue weighted by Crippen LogP contribution is -2.34. The van der Waals surface area contributed by atoms with Crippen LogP contribution in [0, 0.1) is 11.3 Å². The zero-order chi connectivity index (χ0) is 24.8. The summed E-state index contributed by atoms with van der Waals surface area (Å²) < 4.78 is 10.8. The van der Waals surface area contributed by atoms with Gasteiger partial charge in [0.2, 0.25) is 0 Å². The van der Waals surface area contributed by atoms with Crippen molar-refractivity contribution in [1.82, 2.24) is 25.5 Å². The number of aromatic amines is 1. The summed E-state index contributed by atoms with van der Waals surface area (Å²) in [6.07, 6.45) is 2.69. The van der Waals surface area contributed by atoms with Crippen LogP contribution in [0.15, 0.2) is 71.8 Å². The molecule has 4 rings (SSSR count). The normalized spacial score (nSPS) is 11.2. The topological polar surface area (TPSA) is 143 Å². The Bertz CT molecular complexity index is 1450. The first-order chi connectivity index (χ1) is 17.0. The molecule has 0 aliphatic carbocycles. The van der Waals surface area contributed by atoms with Crippen molar-refractivity contribution in [2.75, 3.05) is 14.2 Å². The molecule has 1 atom stereocenters. The molecule has 0 saturated heterocycles. The lowest BCUT2D eigenvalue weighted by molar-refractivity contribution is 0.0940. The van der Waals surface area contributed by atoms with Crippen LogP contribution < -0.4 is 20.3 Å². The van der Waals surface area contributed by atoms with Gasteiger partial charge in [0.1, 0.15) is 22.8 Å². The van der Waals surface area contributed by atoms with E-state index in [0.29, 0.717) is 33.9 Å². The van der Waals surface area contributed by atoms with Crippen molar-refractivity contribution >= 4 is 5.91 Å². The molecule has 1 amide bonds. The number of amides is 1. The number of carbonyl (C=O) groups excluding carboxylic acids is 1. The highest BCUT2D eigenvalue weighted by molar-refractivity contribution is 5.94. The number of benzene rings is 2. The maximum absolute atomic E-state index is 13.2. The fraction of sp³-hybridized carbons (Fsp3) is 0.120. The predicted molar refractivity (Wildman–Crippen MR) is 126 cm³/mol. The van der Waals surface area contributed by atoms with Gasteiger partial charge in [0, 0.05) is 24.0 Å². The smallest absolute Gasteiger partial charge is 0.264 e. The SMILES string of the molecule is COc1ccc(C(NC(=O)c2cnc(-c3cccnn3)[nH]c2=O)c2ccc(C#N)cc2)c(OC)c1. The fourth-order valence-corrected chi connectivity index (χ4v) is 3.47. The zero-order valence-corrected chi connectivity index (χ0v) is 18.9. The van der Waals surface area contributed by atoms with Gasteiger partial charge in [0.15, 0.2) is 5.82 Å². The minimum Gasteiger partial charge on any atom is -0.497 e. The van der Waals surface area contributed by atoms with Gasteiger partial charge in [0.25, 0.3) is 11.5 Å². The van der Waals surface area contributed by atoms with Crippen molar-refractivity contribution in [1.29, 1.82) is 5.26 Å². The molecule has 4 aromatic rings. The van der Waals surface area contributed by atoms with Crippen LogP contribution in [0.5, 0.6) is 11.5 Å². The number of nitrogens with zero attached hydrogens (tertiary/aromatic N) is 4. The Morgan fingerprint density at radius 3 is 2.54 bits per heavy atom. The fourth-order valence-electron chi connectivity index (χ4n) is 3.47. The van der Waals surface area contributed by atoms with Crippen molar-refractivity contribution < 1.29 is 14.3 Å². The summed E-state index contributed by atoms with van der Waals surface area (Å²) in [4.78, 5) is 32.7. The van der Waals surface area contributed by atoms with E-state index in [9.17, 15) is 9.59 Å². The van der Waals surface area contributed by atoms with Gasteiger partial charge in [-0.25, -0.2) is 4.98 Å². The second-order valence-electron chi connectivity index (χ2n) is 7.33. The maximum Gasteiger partial charge on any atom is 0.264 e. The average molecular weight is 468 g/mol. The van der Waals surface area contributed by atoms with E-state index in [-0.39, 0.29) is 11.4 Å². The largest absolute Gasteiger partial charge is 0.497 e. The van der Waals surface area contributed by atoms with Crippen molar-refractivity contribution in [2.24, 2.45) is 0 Å². The van der Waals surface area contributed by atoms with Gasteiger partial charge in [-0.1, -0.05) is 12.1 Å². The van der Waals surface area contributed by atoms with E-state index >= 15 is 0 Å². The number of hydrogen-bond donors (Lipinski definition) is 2. The first kappa shape index (κ1) is 23.1. The summed E-state index contributed by atoms with van der Waals surface area (Å²) in [5, 5.41) is 19.7. The van der Waals surface area contributed by atoms with Crippen LogP contribution in [0.1, 0.15) is 33.1 Å². The van der Waals surface area contributed by atoms with Crippen LogP contribution in [0.25, 0.3) is 11.5 Å². The van der Waals surface area contributed by atoms with Crippen molar-refractivity contribution in [3.8, 4) is 29.1 Å². The van der Waals surface area contributed by atoms with Gasteiger partial charge < -0.3 is 19.8 Å². The molecule has 35 heavy (non-hydrogen) atoms. The third kappa shape index (κ3) is 4.99. The van der Waals surface area contributed by atoms with Gasteiger partial charge >= 0.3 is 0 Å². The number of methoxy groups -OCH3 is 2. The quantitative estimate of drug-likeness (QED) is 0.421. The highest BCUT2D eigenvalue weighted by Crippen LogP contribution is 2.33. The summed E-state index contributed by atoms with van der Waals surface area (Å²) in [6, 6.07) is 16.6. The van der Waals surface area contributed by atoms with Crippen LogP contribution in [0.4, 0.5) is 0 Å². The number of rotatable bonds is 7. The molecule has 0 saturated carbocycles. The molecule has 2 N–H and O–H groups in total. The van der Waals surface area contributed by atoms with Gasteiger partial charge in [-0.2, -0.15) is 10.4 Å². The van der Waals surface area contributed by atoms with E-state index in [1.807, 2.05) is 0 Å². The Kier molecular flexibility index (Phi) is 6.78. The summed E-state index contributed by atoms with van der Waals surface area (Å²) in [5.41, 5.74) is 1.35. The van der Waals surface area contributed by atoms with E-state index in [4.69, 9.17) is 14.7 Å². The number of hydrogen-bond acceptors (Lipinski definition) is 8. The number of nitriles is 1. The lowest BCUT2D eigenvalue weighted by Gasteiger charge is -2.22. The summed E-state index contributed by atoms with van der Waals surface area (Å²) in [6.45, 7) is 0. The van der Waals surface area contributed by atoms with Crippen LogP contribution in [0.2, 0.25) is 0 Å². The molecular formula is C25H20N6O4. The van der Waals surface area contributed by atoms with Gasteiger partial charge in [0.05, 0.1) is 31.9 Å². The zero-order valence-electron chi connectivity index (χ0n) is 18.9. The van der Waals surface area contributed by atoms with E-state index in [1.165, 1.54) is 26.6 Å². The standard InChI is InChI=1S/C25H20N6O4/c1-34-17-9-10-18(21(12-17)35-2)22(16-7-5-15(13-26)6-8-16)29-24(32)19-14-27-23(30-25(19)33)20-4-3-11-28-31-20/h3-12,14,22H,1-2H3,(H,29,32)(H,27,30,33). The van der Waals surface area contributed by atoms with E-state index in [0.717, 1.165) is 0 Å².